The molecule has 0 aliphatic carbocycles. The van der Waals surface area contributed by atoms with Crippen LogP contribution in [0.15, 0.2) is 0 Å². The van der Waals surface area contributed by atoms with Crippen LogP contribution in [0.3, 0.4) is 0 Å². The van der Waals surface area contributed by atoms with Crippen molar-refractivity contribution in [3.8, 4) is 0 Å². The lowest BCUT2D eigenvalue weighted by atomic mass is 10.1. The minimum atomic E-state index is 0.00567. The number of nitrogens with two attached hydrogens (primary N) is 1. The van der Waals surface area contributed by atoms with Gasteiger partial charge in [-0.05, 0) is 20.3 Å². The van der Waals surface area contributed by atoms with Gasteiger partial charge in [-0.3, -0.25) is 4.90 Å². The number of nitrogens with zero attached hydrogens (tertiary/aromatic N) is 1. The van der Waals surface area contributed by atoms with Crippen LogP contribution in [0, 0.1) is 0 Å². The van der Waals surface area contributed by atoms with Gasteiger partial charge in [-0.15, -0.1) is 0 Å². The largest absolute Gasteiger partial charge is 0.373 e. The molecule has 0 amide bonds. The minimum Gasteiger partial charge on any atom is -0.373 e. The topological polar surface area (TPSA) is 38.5 Å². The minimum absolute atomic E-state index is 0.00567. The molecule has 1 fully saturated rings. The fourth-order valence-electron chi connectivity index (χ4n) is 1.73. The average Bonchev–Trinajstić information content (AvgIpc) is 2.02. The van der Waals surface area contributed by atoms with Gasteiger partial charge in [-0.25, -0.2) is 0 Å². The van der Waals surface area contributed by atoms with Gasteiger partial charge in [0.1, 0.15) is 0 Å². The van der Waals surface area contributed by atoms with Gasteiger partial charge < -0.3 is 10.5 Å². The number of hydrogen-bond acceptors (Lipinski definition) is 3. The van der Waals surface area contributed by atoms with Crippen molar-refractivity contribution in [2.75, 3.05) is 26.2 Å². The van der Waals surface area contributed by atoms with E-state index < -0.39 is 0 Å². The molecule has 2 N–H and O–H groups in total. The van der Waals surface area contributed by atoms with Crippen LogP contribution in [-0.4, -0.2) is 42.8 Å². The first-order chi connectivity index (χ1) is 6.03. The monoisotopic (exact) mass is 186 g/mol. The lowest BCUT2D eigenvalue weighted by Gasteiger charge is -2.39. The fraction of sp³-hybridized carbons (Fsp3) is 1.00. The zero-order chi connectivity index (χ0) is 9.90. The van der Waals surface area contributed by atoms with E-state index in [9.17, 15) is 0 Å². The Morgan fingerprint density at radius 3 is 2.77 bits per heavy atom. The van der Waals surface area contributed by atoms with Gasteiger partial charge in [0.2, 0.25) is 0 Å². The average molecular weight is 186 g/mol. The lowest BCUT2D eigenvalue weighted by molar-refractivity contribution is -0.0869. The highest BCUT2D eigenvalue weighted by Gasteiger charge is 2.27. The molecule has 78 valence electrons. The van der Waals surface area contributed by atoms with Crippen molar-refractivity contribution >= 4 is 0 Å². The number of morpholine rings is 1. The zero-order valence-corrected chi connectivity index (χ0v) is 9.05. The Morgan fingerprint density at radius 1 is 1.54 bits per heavy atom. The first-order valence-electron chi connectivity index (χ1n) is 5.15. The Morgan fingerprint density at radius 2 is 2.23 bits per heavy atom. The number of rotatable bonds is 3. The summed E-state index contributed by atoms with van der Waals surface area (Å²) in [5.74, 6) is 0. The number of ether oxygens (including phenoxy) is 1. The van der Waals surface area contributed by atoms with Crippen LogP contribution in [0.5, 0.6) is 0 Å². The standard InChI is InChI=1S/C10H22N2O/c1-4-9(11)7-12-5-6-13-10(2,3)8-12/h9H,4-8,11H2,1-3H3/t9-/m0/s1. The summed E-state index contributed by atoms with van der Waals surface area (Å²) in [6.07, 6.45) is 1.05. The molecule has 1 aliphatic rings. The number of hydrogen-bond donors (Lipinski definition) is 1. The smallest absolute Gasteiger partial charge is 0.0753 e. The van der Waals surface area contributed by atoms with Gasteiger partial charge in [0.25, 0.3) is 0 Å². The van der Waals surface area contributed by atoms with Gasteiger partial charge >= 0.3 is 0 Å². The maximum absolute atomic E-state index is 5.91. The highest BCUT2D eigenvalue weighted by Crippen LogP contribution is 2.16. The van der Waals surface area contributed by atoms with E-state index >= 15 is 0 Å². The predicted molar refractivity (Wildman–Crippen MR) is 54.7 cm³/mol. The molecule has 0 radical (unpaired) electrons. The van der Waals surface area contributed by atoms with E-state index in [-0.39, 0.29) is 5.60 Å². The molecule has 0 unspecified atom stereocenters. The fourth-order valence-corrected chi connectivity index (χ4v) is 1.73. The summed E-state index contributed by atoms with van der Waals surface area (Å²) in [6.45, 7) is 10.3. The molecule has 1 saturated heterocycles. The molecule has 0 aromatic carbocycles. The Kier molecular flexibility index (Phi) is 3.71. The molecule has 3 nitrogen and oxygen atoms in total. The maximum Gasteiger partial charge on any atom is 0.0753 e. The molecule has 1 atom stereocenters. The molecule has 1 aliphatic heterocycles. The van der Waals surface area contributed by atoms with E-state index in [1.807, 2.05) is 0 Å². The van der Waals surface area contributed by atoms with Crippen molar-refractivity contribution < 1.29 is 4.74 Å². The molecule has 0 bridgehead atoms. The molecule has 1 rings (SSSR count). The summed E-state index contributed by atoms with van der Waals surface area (Å²) < 4.78 is 5.63. The Bertz CT molecular complexity index is 159. The molecule has 0 aromatic rings. The summed E-state index contributed by atoms with van der Waals surface area (Å²) in [7, 11) is 0. The molecule has 0 spiro atoms. The second-order valence-corrected chi connectivity index (χ2v) is 4.51. The van der Waals surface area contributed by atoms with E-state index in [0.717, 1.165) is 32.7 Å². The van der Waals surface area contributed by atoms with E-state index in [4.69, 9.17) is 10.5 Å². The highest BCUT2D eigenvalue weighted by molar-refractivity contribution is 4.80. The molecule has 0 aromatic heterocycles. The van der Waals surface area contributed by atoms with Gasteiger partial charge in [0.05, 0.1) is 12.2 Å². The van der Waals surface area contributed by atoms with Crippen molar-refractivity contribution in [3.05, 3.63) is 0 Å². The Balaban J connectivity index is 2.34. The third-order valence-corrected chi connectivity index (χ3v) is 2.52. The summed E-state index contributed by atoms with van der Waals surface area (Å²) in [6, 6.07) is 0.314. The molecular formula is C10H22N2O. The SMILES string of the molecule is CC[C@H](N)CN1CCOC(C)(C)C1. The van der Waals surface area contributed by atoms with E-state index in [2.05, 4.69) is 25.7 Å². The molecular weight excluding hydrogens is 164 g/mol. The molecule has 3 heteroatoms. The van der Waals surface area contributed by atoms with Crippen molar-refractivity contribution in [3.63, 3.8) is 0 Å². The third kappa shape index (κ3) is 3.63. The van der Waals surface area contributed by atoms with Gasteiger partial charge in [-0.2, -0.15) is 0 Å². The normalized spacial score (nSPS) is 25.8. The van der Waals surface area contributed by atoms with Crippen molar-refractivity contribution in [1.82, 2.24) is 4.90 Å². The van der Waals surface area contributed by atoms with Crippen LogP contribution >= 0.6 is 0 Å². The van der Waals surface area contributed by atoms with Gasteiger partial charge in [-0.1, -0.05) is 6.92 Å². The summed E-state index contributed by atoms with van der Waals surface area (Å²) in [5, 5.41) is 0. The summed E-state index contributed by atoms with van der Waals surface area (Å²) in [4.78, 5) is 2.40. The maximum atomic E-state index is 5.91. The Hall–Kier alpha value is -0.120. The summed E-state index contributed by atoms with van der Waals surface area (Å²) in [5.41, 5.74) is 5.92. The van der Waals surface area contributed by atoms with Crippen molar-refractivity contribution in [1.29, 1.82) is 0 Å². The van der Waals surface area contributed by atoms with Crippen molar-refractivity contribution in [2.45, 2.75) is 38.8 Å². The van der Waals surface area contributed by atoms with Gasteiger partial charge in [0, 0.05) is 25.7 Å². The second kappa shape index (κ2) is 4.40. The quantitative estimate of drug-likeness (QED) is 0.709. The highest BCUT2D eigenvalue weighted by atomic mass is 16.5. The van der Waals surface area contributed by atoms with Crippen LogP contribution in [0.4, 0.5) is 0 Å². The first kappa shape index (κ1) is 11.0. The molecule has 13 heavy (non-hydrogen) atoms. The second-order valence-electron chi connectivity index (χ2n) is 4.51. The van der Waals surface area contributed by atoms with Gasteiger partial charge in [0.15, 0.2) is 0 Å². The van der Waals surface area contributed by atoms with Crippen LogP contribution in [-0.2, 0) is 4.74 Å². The lowest BCUT2D eigenvalue weighted by Crippen LogP contribution is -2.51. The third-order valence-electron chi connectivity index (χ3n) is 2.52. The van der Waals surface area contributed by atoms with E-state index in [0.29, 0.717) is 6.04 Å². The summed E-state index contributed by atoms with van der Waals surface area (Å²) >= 11 is 0. The van der Waals surface area contributed by atoms with Crippen LogP contribution in [0.25, 0.3) is 0 Å². The van der Waals surface area contributed by atoms with E-state index in [1.165, 1.54) is 0 Å². The van der Waals surface area contributed by atoms with Crippen LogP contribution < -0.4 is 5.73 Å². The van der Waals surface area contributed by atoms with E-state index in [1.54, 1.807) is 0 Å². The van der Waals surface area contributed by atoms with Crippen LogP contribution in [0.1, 0.15) is 27.2 Å². The first-order valence-corrected chi connectivity index (χ1v) is 5.15. The molecule has 1 heterocycles. The molecule has 0 saturated carbocycles. The predicted octanol–water partition coefficient (Wildman–Crippen LogP) is 0.834. The zero-order valence-electron chi connectivity index (χ0n) is 9.05. The van der Waals surface area contributed by atoms with Crippen LogP contribution in [0.2, 0.25) is 0 Å². The Labute approximate surface area is 81.2 Å². The van der Waals surface area contributed by atoms with Crippen molar-refractivity contribution in [2.24, 2.45) is 5.73 Å².